The van der Waals surface area contributed by atoms with E-state index in [1.54, 1.807) is 4.72 Å². The molecule has 13 heteroatoms. The monoisotopic (exact) mass is 465 g/mol. The summed E-state index contributed by atoms with van der Waals surface area (Å²) in [5.41, 5.74) is -3.84. The van der Waals surface area contributed by atoms with E-state index < -0.39 is 79.4 Å². The molecule has 1 aromatic carbocycles. The SMILES string of the molecule is CCOC(=O)c1ccc(Cl)c(NS(=O)(=O)CCC(F)S(=O)(=O)CCCF)c1F. The number of hydrogen-bond donors (Lipinski definition) is 1. The van der Waals surface area contributed by atoms with Gasteiger partial charge >= 0.3 is 5.97 Å². The number of alkyl halides is 2. The third-order valence-electron chi connectivity index (χ3n) is 3.41. The second-order valence-electron chi connectivity index (χ2n) is 5.53. The summed E-state index contributed by atoms with van der Waals surface area (Å²) in [5, 5.41) is -0.374. The van der Waals surface area contributed by atoms with Crippen LogP contribution in [0.25, 0.3) is 0 Å². The zero-order chi connectivity index (χ0) is 21.5. The highest BCUT2D eigenvalue weighted by molar-refractivity contribution is 7.93. The van der Waals surface area contributed by atoms with E-state index in [4.69, 9.17) is 11.6 Å². The third-order valence-corrected chi connectivity index (χ3v) is 6.89. The lowest BCUT2D eigenvalue weighted by Crippen LogP contribution is -2.26. The number of esters is 1. The fourth-order valence-corrected chi connectivity index (χ4v) is 4.80. The first-order chi connectivity index (χ1) is 12.9. The van der Waals surface area contributed by atoms with Crippen molar-refractivity contribution in [3.63, 3.8) is 0 Å². The largest absolute Gasteiger partial charge is 0.462 e. The molecular formula is C15H19ClF3NO6S2. The molecule has 0 saturated carbocycles. The molecule has 7 nitrogen and oxygen atoms in total. The van der Waals surface area contributed by atoms with Gasteiger partial charge in [0, 0.05) is 6.42 Å². The summed E-state index contributed by atoms with van der Waals surface area (Å²) >= 11 is 5.76. The molecule has 0 bridgehead atoms. The molecule has 1 aromatic rings. The molecule has 0 heterocycles. The summed E-state index contributed by atoms with van der Waals surface area (Å²) in [5.74, 6) is -4.11. The Morgan fingerprint density at radius 2 is 1.89 bits per heavy atom. The average Bonchev–Trinajstić information content (AvgIpc) is 2.61. The van der Waals surface area contributed by atoms with Crippen LogP contribution in [0, 0.1) is 5.82 Å². The third kappa shape index (κ3) is 6.82. The zero-order valence-electron chi connectivity index (χ0n) is 14.8. The van der Waals surface area contributed by atoms with Crippen LogP contribution in [-0.4, -0.2) is 53.1 Å². The number of nitrogens with one attached hydrogen (secondary N) is 1. The summed E-state index contributed by atoms with van der Waals surface area (Å²) < 4.78 is 94.0. The predicted molar refractivity (Wildman–Crippen MR) is 98.7 cm³/mol. The number of hydrogen-bond acceptors (Lipinski definition) is 6. The van der Waals surface area contributed by atoms with Crippen LogP contribution in [-0.2, 0) is 24.6 Å². The smallest absolute Gasteiger partial charge is 0.341 e. The van der Waals surface area contributed by atoms with E-state index in [1.165, 1.54) is 6.92 Å². The van der Waals surface area contributed by atoms with E-state index in [0.29, 0.717) is 0 Å². The summed E-state index contributed by atoms with van der Waals surface area (Å²) in [6.45, 7) is 0.488. The van der Waals surface area contributed by atoms with Gasteiger partial charge in [-0.2, -0.15) is 0 Å². The average molecular weight is 466 g/mol. The summed E-state index contributed by atoms with van der Waals surface area (Å²) in [7, 11) is -8.73. The quantitative estimate of drug-likeness (QED) is 0.504. The molecule has 0 aliphatic carbocycles. The van der Waals surface area contributed by atoms with Crippen LogP contribution < -0.4 is 4.72 Å². The first-order valence-corrected chi connectivity index (χ1v) is 11.8. The molecule has 1 rings (SSSR count). The van der Waals surface area contributed by atoms with Crippen LogP contribution in [0.1, 0.15) is 30.1 Å². The van der Waals surface area contributed by atoms with E-state index in [0.717, 1.165) is 12.1 Å². The highest BCUT2D eigenvalue weighted by atomic mass is 35.5. The molecule has 0 fully saturated rings. The van der Waals surface area contributed by atoms with Gasteiger partial charge in [0.1, 0.15) is 5.69 Å². The Labute approximate surface area is 166 Å². The Morgan fingerprint density at radius 3 is 2.46 bits per heavy atom. The van der Waals surface area contributed by atoms with Crippen molar-refractivity contribution in [3.8, 4) is 0 Å². The molecule has 0 aliphatic heterocycles. The van der Waals surface area contributed by atoms with Crippen LogP contribution in [0.5, 0.6) is 0 Å². The lowest BCUT2D eigenvalue weighted by Gasteiger charge is -2.14. The van der Waals surface area contributed by atoms with Crippen molar-refractivity contribution in [1.29, 1.82) is 0 Å². The minimum atomic E-state index is -4.42. The highest BCUT2D eigenvalue weighted by Crippen LogP contribution is 2.29. The molecule has 160 valence electrons. The van der Waals surface area contributed by atoms with Crippen molar-refractivity contribution in [2.24, 2.45) is 0 Å². The lowest BCUT2D eigenvalue weighted by molar-refractivity contribution is 0.0521. The Hall–Kier alpha value is -1.53. The number of rotatable bonds is 11. The molecule has 0 spiro atoms. The Kier molecular flexibility index (Phi) is 9.02. The number of carbonyl (C=O) groups is 1. The van der Waals surface area contributed by atoms with Gasteiger partial charge in [0.25, 0.3) is 0 Å². The van der Waals surface area contributed by atoms with Gasteiger partial charge in [-0.15, -0.1) is 0 Å². The van der Waals surface area contributed by atoms with Crippen LogP contribution >= 0.6 is 11.6 Å². The number of halogens is 4. The number of sulfone groups is 1. The topological polar surface area (TPSA) is 107 Å². The highest BCUT2D eigenvalue weighted by Gasteiger charge is 2.28. The molecule has 0 saturated heterocycles. The van der Waals surface area contributed by atoms with Crippen molar-refractivity contribution in [2.75, 3.05) is 29.5 Å². The van der Waals surface area contributed by atoms with Crippen LogP contribution in [0.3, 0.4) is 0 Å². The normalized spacial score (nSPS) is 13.2. The van der Waals surface area contributed by atoms with Crippen molar-refractivity contribution in [2.45, 2.75) is 25.3 Å². The Balaban J connectivity index is 2.95. The van der Waals surface area contributed by atoms with Crippen molar-refractivity contribution in [3.05, 3.63) is 28.5 Å². The number of benzene rings is 1. The first-order valence-electron chi connectivity index (χ1n) is 8.02. The number of sulfonamides is 1. The Morgan fingerprint density at radius 1 is 1.25 bits per heavy atom. The molecular weight excluding hydrogens is 447 g/mol. The van der Waals surface area contributed by atoms with Crippen molar-refractivity contribution in [1.82, 2.24) is 0 Å². The van der Waals surface area contributed by atoms with Gasteiger partial charge in [-0.3, -0.25) is 9.11 Å². The van der Waals surface area contributed by atoms with E-state index in [-0.39, 0.29) is 11.6 Å². The predicted octanol–water partition coefficient (Wildman–Crippen LogP) is 2.86. The molecule has 0 amide bonds. The minimum Gasteiger partial charge on any atom is -0.462 e. The zero-order valence-corrected chi connectivity index (χ0v) is 17.1. The van der Waals surface area contributed by atoms with Gasteiger partial charge in [-0.25, -0.2) is 30.4 Å². The molecule has 0 radical (unpaired) electrons. The van der Waals surface area contributed by atoms with Gasteiger partial charge < -0.3 is 4.74 Å². The second-order valence-corrected chi connectivity index (χ2v) is 10.0. The lowest BCUT2D eigenvalue weighted by atomic mass is 10.2. The molecule has 28 heavy (non-hydrogen) atoms. The summed E-state index contributed by atoms with van der Waals surface area (Å²) in [6.07, 6.45) is -1.35. The maximum atomic E-state index is 14.4. The van der Waals surface area contributed by atoms with Gasteiger partial charge in [0.05, 0.1) is 35.4 Å². The van der Waals surface area contributed by atoms with E-state index >= 15 is 0 Å². The molecule has 0 aromatic heterocycles. The maximum absolute atomic E-state index is 14.4. The molecule has 1 N–H and O–H groups in total. The number of carbonyl (C=O) groups excluding carboxylic acids is 1. The summed E-state index contributed by atoms with van der Waals surface area (Å²) in [6, 6.07) is 2.07. The van der Waals surface area contributed by atoms with Gasteiger partial charge in [0.2, 0.25) is 15.5 Å². The fourth-order valence-electron chi connectivity index (χ4n) is 2.03. The van der Waals surface area contributed by atoms with E-state index in [2.05, 4.69) is 4.74 Å². The van der Waals surface area contributed by atoms with E-state index in [9.17, 15) is 34.8 Å². The van der Waals surface area contributed by atoms with Gasteiger partial charge in [-0.05, 0) is 25.5 Å². The second kappa shape index (κ2) is 10.3. The number of ether oxygens (including phenoxy) is 1. The minimum absolute atomic E-state index is 0.0449. The fraction of sp³-hybridized carbons (Fsp3) is 0.533. The van der Waals surface area contributed by atoms with E-state index in [1.807, 2.05) is 0 Å². The van der Waals surface area contributed by atoms with Crippen LogP contribution in [0.15, 0.2) is 12.1 Å². The summed E-state index contributed by atoms with van der Waals surface area (Å²) in [4.78, 5) is 11.7. The van der Waals surface area contributed by atoms with Gasteiger partial charge in [0.15, 0.2) is 15.7 Å². The Bertz CT molecular complexity index is 909. The molecule has 0 aliphatic rings. The number of anilines is 1. The van der Waals surface area contributed by atoms with Crippen molar-refractivity contribution >= 4 is 43.1 Å². The first kappa shape index (κ1) is 24.5. The van der Waals surface area contributed by atoms with Crippen molar-refractivity contribution < 1.29 is 39.5 Å². The molecule has 1 atom stereocenters. The van der Waals surface area contributed by atoms with Crippen LogP contribution in [0.4, 0.5) is 18.9 Å². The van der Waals surface area contributed by atoms with Crippen LogP contribution in [0.2, 0.25) is 5.02 Å². The standard InChI is InChI=1S/C15H19ClF3NO6S2/c1-2-26-15(21)10-4-5-11(16)14(13(10)19)20-28(24,25)9-6-12(18)27(22,23)8-3-7-17/h4-5,12,20H,2-3,6-9H2,1H3. The molecule has 1 unspecified atom stereocenters. The van der Waals surface area contributed by atoms with Gasteiger partial charge in [-0.1, -0.05) is 11.6 Å². The maximum Gasteiger partial charge on any atom is 0.341 e.